The summed E-state index contributed by atoms with van der Waals surface area (Å²) in [5.41, 5.74) is 1.91. The van der Waals surface area contributed by atoms with Gasteiger partial charge in [-0.2, -0.15) is 0 Å². The highest BCUT2D eigenvalue weighted by atomic mass is 35.5. The van der Waals surface area contributed by atoms with Gasteiger partial charge in [0.05, 0.1) is 5.69 Å². The first-order valence-corrected chi connectivity index (χ1v) is 8.87. The molecule has 1 N–H and O–H groups in total. The van der Waals surface area contributed by atoms with Gasteiger partial charge >= 0.3 is 0 Å². The molecule has 2 aromatic rings. The number of rotatable bonds is 3. The van der Waals surface area contributed by atoms with Gasteiger partial charge in [-0.15, -0.1) is 10.2 Å². The maximum atomic E-state index is 6.67. The number of hydrogen-bond acceptors (Lipinski definition) is 2. The maximum Gasteiger partial charge on any atom is 0.196 e. The molecule has 0 amide bonds. The third kappa shape index (κ3) is 2.36. The Labute approximate surface area is 137 Å². The van der Waals surface area contributed by atoms with Gasteiger partial charge < -0.3 is 0 Å². The molecule has 2 aromatic heterocycles. The van der Waals surface area contributed by atoms with Crippen LogP contribution in [0, 0.1) is 11.8 Å². The van der Waals surface area contributed by atoms with Gasteiger partial charge in [0, 0.05) is 11.3 Å². The summed E-state index contributed by atoms with van der Waals surface area (Å²) in [6, 6.07) is 0. The van der Waals surface area contributed by atoms with Crippen LogP contribution in [0.25, 0.3) is 5.65 Å². The SMILES string of the molecule is CCC(C)(C)c1nnc2c(Cl)c(C3C(C)CCCC3C)[nH]n12. The molecule has 5 heteroatoms. The molecule has 1 aliphatic rings. The Morgan fingerprint density at radius 1 is 1.23 bits per heavy atom. The summed E-state index contributed by atoms with van der Waals surface area (Å²) in [5.74, 6) is 2.76. The largest absolute Gasteiger partial charge is 0.293 e. The Hall–Kier alpha value is -1.03. The topological polar surface area (TPSA) is 46.0 Å². The van der Waals surface area contributed by atoms with E-state index in [1.165, 1.54) is 19.3 Å². The summed E-state index contributed by atoms with van der Waals surface area (Å²) in [5, 5.41) is 13.0. The van der Waals surface area contributed by atoms with Crippen molar-refractivity contribution in [1.82, 2.24) is 19.8 Å². The zero-order chi connectivity index (χ0) is 16.1. The molecule has 2 unspecified atom stereocenters. The Morgan fingerprint density at radius 3 is 2.45 bits per heavy atom. The van der Waals surface area contributed by atoms with E-state index in [4.69, 9.17) is 11.6 Å². The van der Waals surface area contributed by atoms with Gasteiger partial charge in [0.1, 0.15) is 5.02 Å². The first-order chi connectivity index (χ1) is 10.4. The molecule has 1 saturated carbocycles. The van der Waals surface area contributed by atoms with Crippen LogP contribution in [0.2, 0.25) is 5.02 Å². The molecule has 0 aromatic carbocycles. The number of aromatic nitrogens is 4. The molecule has 22 heavy (non-hydrogen) atoms. The van der Waals surface area contributed by atoms with E-state index < -0.39 is 0 Å². The molecule has 122 valence electrons. The van der Waals surface area contributed by atoms with Crippen LogP contribution in [0.3, 0.4) is 0 Å². The van der Waals surface area contributed by atoms with E-state index in [9.17, 15) is 0 Å². The second-order valence-electron chi connectivity index (χ2n) is 7.67. The highest BCUT2D eigenvalue weighted by Gasteiger charge is 2.34. The number of aromatic amines is 1. The third-order valence-corrected chi connectivity index (χ3v) is 6.07. The van der Waals surface area contributed by atoms with Crippen molar-refractivity contribution in [2.24, 2.45) is 11.8 Å². The van der Waals surface area contributed by atoms with Gasteiger partial charge in [0.2, 0.25) is 0 Å². The van der Waals surface area contributed by atoms with Crippen molar-refractivity contribution in [3.63, 3.8) is 0 Å². The molecule has 0 bridgehead atoms. The van der Waals surface area contributed by atoms with Gasteiger partial charge in [-0.1, -0.05) is 65.5 Å². The zero-order valence-corrected chi connectivity index (χ0v) is 15.0. The lowest BCUT2D eigenvalue weighted by molar-refractivity contribution is 0.244. The third-order valence-electron chi connectivity index (χ3n) is 5.70. The van der Waals surface area contributed by atoms with Crippen LogP contribution in [0.5, 0.6) is 0 Å². The summed E-state index contributed by atoms with van der Waals surface area (Å²) in [6.07, 6.45) is 4.89. The van der Waals surface area contributed by atoms with Crippen LogP contribution in [0.4, 0.5) is 0 Å². The second-order valence-corrected chi connectivity index (χ2v) is 8.05. The van der Waals surface area contributed by atoms with Gasteiger partial charge in [0.15, 0.2) is 11.5 Å². The molecule has 0 spiro atoms. The predicted molar refractivity (Wildman–Crippen MR) is 90.6 cm³/mol. The zero-order valence-electron chi connectivity index (χ0n) is 14.3. The molecule has 0 saturated heterocycles. The lowest BCUT2D eigenvalue weighted by Crippen LogP contribution is -2.24. The van der Waals surface area contributed by atoms with E-state index in [0.29, 0.717) is 17.8 Å². The minimum absolute atomic E-state index is 0.0192. The number of nitrogens with zero attached hydrogens (tertiary/aromatic N) is 3. The number of hydrogen-bond donors (Lipinski definition) is 1. The average molecular weight is 323 g/mol. The van der Waals surface area contributed by atoms with E-state index in [2.05, 4.69) is 49.9 Å². The highest BCUT2D eigenvalue weighted by molar-refractivity contribution is 6.34. The number of fused-ring (bicyclic) bond motifs is 1. The molecule has 4 nitrogen and oxygen atoms in total. The van der Waals surface area contributed by atoms with Crippen LogP contribution in [0.15, 0.2) is 0 Å². The van der Waals surface area contributed by atoms with Crippen LogP contribution >= 0.6 is 11.6 Å². The Balaban J connectivity index is 2.10. The molecular weight excluding hydrogens is 296 g/mol. The summed E-state index contributed by atoms with van der Waals surface area (Å²) in [7, 11) is 0. The van der Waals surface area contributed by atoms with E-state index in [0.717, 1.165) is 28.6 Å². The lowest BCUT2D eigenvalue weighted by atomic mass is 9.72. The summed E-state index contributed by atoms with van der Waals surface area (Å²) < 4.78 is 2.01. The first kappa shape index (κ1) is 15.9. The predicted octanol–water partition coefficient (Wildman–Crippen LogP) is 4.94. The normalized spacial score (nSPS) is 26.7. The molecule has 1 fully saturated rings. The minimum Gasteiger partial charge on any atom is -0.293 e. The van der Waals surface area contributed by atoms with Crippen molar-refractivity contribution in [1.29, 1.82) is 0 Å². The molecule has 1 aliphatic carbocycles. The molecule has 0 aliphatic heterocycles. The van der Waals surface area contributed by atoms with Gasteiger partial charge in [-0.3, -0.25) is 5.10 Å². The summed E-state index contributed by atoms with van der Waals surface area (Å²) in [6.45, 7) is 11.3. The first-order valence-electron chi connectivity index (χ1n) is 8.49. The van der Waals surface area contributed by atoms with Crippen LogP contribution < -0.4 is 0 Å². The van der Waals surface area contributed by atoms with Crippen molar-refractivity contribution >= 4 is 17.2 Å². The molecule has 0 radical (unpaired) electrons. The fraction of sp³-hybridized carbons (Fsp3) is 0.765. The molecule has 2 heterocycles. The molecule has 2 atom stereocenters. The van der Waals surface area contributed by atoms with E-state index >= 15 is 0 Å². The van der Waals surface area contributed by atoms with Crippen LogP contribution in [-0.4, -0.2) is 19.8 Å². The van der Waals surface area contributed by atoms with Crippen molar-refractivity contribution < 1.29 is 0 Å². The van der Waals surface area contributed by atoms with Crippen molar-refractivity contribution in [2.75, 3.05) is 0 Å². The fourth-order valence-corrected chi connectivity index (χ4v) is 4.18. The fourth-order valence-electron chi connectivity index (χ4n) is 3.89. The molecule has 3 rings (SSSR count). The number of H-pyrrole nitrogens is 1. The summed E-state index contributed by atoms with van der Waals surface area (Å²) >= 11 is 6.67. The monoisotopic (exact) mass is 322 g/mol. The average Bonchev–Trinajstić information content (AvgIpc) is 3.01. The quantitative estimate of drug-likeness (QED) is 0.870. The maximum absolute atomic E-state index is 6.67. The highest BCUT2D eigenvalue weighted by Crippen LogP contribution is 2.44. The standard InChI is InChI=1S/C17H27ClN4/c1-6-17(4,5)16-20-19-15-13(18)14(21-22(15)16)12-10(2)8-7-9-11(12)3/h10-12,21H,6-9H2,1-5H3. The summed E-state index contributed by atoms with van der Waals surface area (Å²) in [4.78, 5) is 0. The Bertz CT molecular complexity index is 660. The minimum atomic E-state index is -0.0192. The van der Waals surface area contributed by atoms with Gasteiger partial charge in [-0.05, 0) is 18.3 Å². The van der Waals surface area contributed by atoms with E-state index in [1.807, 2.05) is 4.52 Å². The smallest absolute Gasteiger partial charge is 0.196 e. The lowest BCUT2D eigenvalue weighted by Gasteiger charge is -2.34. The van der Waals surface area contributed by atoms with E-state index in [1.54, 1.807) is 0 Å². The van der Waals surface area contributed by atoms with Crippen molar-refractivity contribution in [3.8, 4) is 0 Å². The second kappa shape index (κ2) is 5.55. The van der Waals surface area contributed by atoms with Gasteiger partial charge in [0.25, 0.3) is 0 Å². The number of halogens is 1. The van der Waals surface area contributed by atoms with Crippen molar-refractivity contribution in [2.45, 2.75) is 71.6 Å². The Kier molecular flexibility index (Phi) is 4.00. The Morgan fingerprint density at radius 2 is 1.86 bits per heavy atom. The van der Waals surface area contributed by atoms with Crippen LogP contribution in [-0.2, 0) is 5.41 Å². The number of nitrogens with one attached hydrogen (secondary N) is 1. The van der Waals surface area contributed by atoms with Gasteiger partial charge in [-0.25, -0.2) is 4.52 Å². The van der Waals surface area contributed by atoms with Crippen molar-refractivity contribution in [3.05, 3.63) is 16.5 Å². The van der Waals surface area contributed by atoms with Crippen LogP contribution in [0.1, 0.15) is 77.7 Å². The molecular formula is C17H27ClN4. The van der Waals surface area contributed by atoms with E-state index in [-0.39, 0.29) is 5.41 Å².